The zero-order valence-corrected chi connectivity index (χ0v) is 14.4. The highest BCUT2D eigenvalue weighted by Crippen LogP contribution is 2.05. The third-order valence-corrected chi connectivity index (χ3v) is 6.17. The van der Waals surface area contributed by atoms with Crippen molar-refractivity contribution in [3.05, 3.63) is 102 Å². The van der Waals surface area contributed by atoms with Gasteiger partial charge in [-0.05, 0) is 28.9 Å². The Morgan fingerprint density at radius 2 is 1.22 bits per heavy atom. The van der Waals surface area contributed by atoms with E-state index in [1.807, 2.05) is 24.5 Å². The molecule has 0 unspecified atom stereocenters. The molecule has 3 aromatic carbocycles. The Morgan fingerprint density at radius 3 is 1.74 bits per heavy atom. The highest BCUT2D eigenvalue weighted by atomic mass is 28.3. The topological polar surface area (TPSA) is 9.23 Å². The number of benzene rings is 3. The van der Waals surface area contributed by atoms with Crippen molar-refractivity contribution in [2.75, 3.05) is 0 Å². The minimum absolute atomic E-state index is 1.16. The highest BCUT2D eigenvalue weighted by Gasteiger charge is 2.17. The molecule has 0 amide bonds. The van der Waals surface area contributed by atoms with Crippen molar-refractivity contribution in [1.29, 1.82) is 0 Å². The number of hydrogen-bond acceptors (Lipinski definition) is 1. The lowest BCUT2D eigenvalue weighted by Crippen LogP contribution is -2.43. The van der Waals surface area contributed by atoms with Crippen molar-refractivity contribution < 1.29 is 4.43 Å². The summed E-state index contributed by atoms with van der Waals surface area (Å²) in [6, 6.07) is 29.5. The molecule has 3 rings (SSSR count). The fraction of sp³-hybridized carbons (Fsp3) is 0.0476. The summed E-state index contributed by atoms with van der Waals surface area (Å²) in [7, 11) is -1.69. The Balaban J connectivity index is 1.81. The maximum atomic E-state index is 6.21. The predicted molar refractivity (Wildman–Crippen MR) is 101 cm³/mol. The van der Waals surface area contributed by atoms with E-state index < -0.39 is 9.04 Å². The Hall–Kier alpha value is -2.58. The van der Waals surface area contributed by atoms with Crippen molar-refractivity contribution in [3.63, 3.8) is 0 Å². The molecule has 0 aliphatic heterocycles. The van der Waals surface area contributed by atoms with Crippen molar-refractivity contribution >= 4 is 25.5 Å². The van der Waals surface area contributed by atoms with Crippen LogP contribution < -0.4 is 10.4 Å². The summed E-state index contributed by atoms with van der Waals surface area (Å²) in [5, 5.41) is 2.57. The van der Waals surface area contributed by atoms with Gasteiger partial charge in [0.2, 0.25) is 0 Å². The highest BCUT2D eigenvalue weighted by molar-refractivity contribution is 6.80. The average Bonchev–Trinajstić information content (AvgIpc) is 2.62. The summed E-state index contributed by atoms with van der Waals surface area (Å²) in [6.45, 7) is 2.09. The summed E-state index contributed by atoms with van der Waals surface area (Å²) >= 11 is 0. The van der Waals surface area contributed by atoms with Crippen LogP contribution in [-0.2, 0) is 4.43 Å². The van der Waals surface area contributed by atoms with Gasteiger partial charge in [0.25, 0.3) is 9.04 Å². The van der Waals surface area contributed by atoms with E-state index in [4.69, 9.17) is 4.43 Å². The van der Waals surface area contributed by atoms with Gasteiger partial charge in [-0.15, -0.1) is 0 Å². The van der Waals surface area contributed by atoms with Crippen molar-refractivity contribution in [1.82, 2.24) is 0 Å². The van der Waals surface area contributed by atoms with E-state index in [1.165, 1.54) is 15.9 Å². The molecular formula is C21H20OSi. The number of rotatable bonds is 5. The number of aryl methyl sites for hydroxylation is 1. The molecule has 0 aliphatic carbocycles. The van der Waals surface area contributed by atoms with Crippen LogP contribution in [0, 0.1) is 6.92 Å². The molecule has 0 saturated heterocycles. The van der Waals surface area contributed by atoms with Gasteiger partial charge in [0.1, 0.15) is 0 Å². The molecule has 0 aliphatic rings. The first-order chi connectivity index (χ1) is 11.3. The molecule has 0 N–H and O–H groups in total. The Morgan fingerprint density at radius 1 is 0.696 bits per heavy atom. The molecule has 0 saturated carbocycles. The lowest BCUT2D eigenvalue weighted by Gasteiger charge is -2.15. The van der Waals surface area contributed by atoms with Crippen LogP contribution in [0.15, 0.2) is 91.2 Å². The molecule has 0 fully saturated rings. The Kier molecular flexibility index (Phi) is 5.07. The zero-order valence-electron chi connectivity index (χ0n) is 13.2. The van der Waals surface area contributed by atoms with E-state index in [1.54, 1.807) is 0 Å². The van der Waals surface area contributed by atoms with Crippen LogP contribution in [0.1, 0.15) is 11.1 Å². The van der Waals surface area contributed by atoms with Gasteiger partial charge in [-0.2, -0.15) is 0 Å². The predicted octanol–water partition coefficient (Wildman–Crippen LogP) is 3.52. The monoisotopic (exact) mass is 316 g/mol. The molecule has 114 valence electrons. The van der Waals surface area contributed by atoms with Crippen molar-refractivity contribution in [3.8, 4) is 0 Å². The van der Waals surface area contributed by atoms with Crippen LogP contribution in [0.25, 0.3) is 6.08 Å². The van der Waals surface area contributed by atoms with E-state index in [9.17, 15) is 0 Å². The van der Waals surface area contributed by atoms with E-state index in [2.05, 4.69) is 79.7 Å². The van der Waals surface area contributed by atoms with Gasteiger partial charge >= 0.3 is 0 Å². The average molecular weight is 316 g/mol. The van der Waals surface area contributed by atoms with Gasteiger partial charge in [-0.1, -0.05) is 90.5 Å². The molecule has 0 radical (unpaired) electrons. The van der Waals surface area contributed by atoms with Crippen LogP contribution in [0.5, 0.6) is 0 Å². The Labute approximate surface area is 139 Å². The molecule has 1 nitrogen and oxygen atoms in total. The van der Waals surface area contributed by atoms with Gasteiger partial charge in [0, 0.05) is 0 Å². The maximum absolute atomic E-state index is 6.21. The number of hydrogen-bond donors (Lipinski definition) is 0. The van der Waals surface area contributed by atoms with Crippen molar-refractivity contribution in [2.24, 2.45) is 0 Å². The lowest BCUT2D eigenvalue weighted by molar-refractivity contribution is 0.516. The first kappa shape index (κ1) is 15.3. The first-order valence-electron chi connectivity index (χ1n) is 7.81. The molecular weight excluding hydrogens is 296 g/mol. The standard InChI is InChI=1S/C21H20OSi/c1-18-12-14-19(15-13-18)16-17-22-23(20-8-4-2-5-9-20)21-10-6-3-7-11-21/h2-17,23H,1H3. The fourth-order valence-corrected chi connectivity index (χ4v) is 4.56. The van der Waals surface area contributed by atoms with Gasteiger partial charge < -0.3 is 4.43 Å². The summed E-state index contributed by atoms with van der Waals surface area (Å²) in [5.41, 5.74) is 2.42. The van der Waals surface area contributed by atoms with Crippen LogP contribution >= 0.6 is 0 Å². The summed E-state index contributed by atoms with van der Waals surface area (Å²) < 4.78 is 6.21. The first-order valence-corrected chi connectivity index (χ1v) is 9.44. The van der Waals surface area contributed by atoms with Gasteiger partial charge in [-0.3, -0.25) is 0 Å². The molecule has 0 aromatic heterocycles. The fourth-order valence-electron chi connectivity index (χ4n) is 2.48. The summed E-state index contributed by atoms with van der Waals surface area (Å²) in [5.74, 6) is 0. The molecule has 0 bridgehead atoms. The van der Waals surface area contributed by atoms with Gasteiger partial charge in [-0.25, -0.2) is 0 Å². The molecule has 2 heteroatoms. The van der Waals surface area contributed by atoms with E-state index in [0.717, 1.165) is 5.56 Å². The molecule has 0 atom stereocenters. The van der Waals surface area contributed by atoms with E-state index in [-0.39, 0.29) is 0 Å². The van der Waals surface area contributed by atoms with Gasteiger partial charge in [0.15, 0.2) is 0 Å². The van der Waals surface area contributed by atoms with Gasteiger partial charge in [0.05, 0.1) is 6.26 Å². The minimum Gasteiger partial charge on any atom is -0.543 e. The lowest BCUT2D eigenvalue weighted by atomic mass is 10.1. The van der Waals surface area contributed by atoms with E-state index in [0.29, 0.717) is 0 Å². The van der Waals surface area contributed by atoms with Crippen LogP contribution in [0.2, 0.25) is 0 Å². The smallest absolute Gasteiger partial charge is 0.298 e. The second-order valence-corrected chi connectivity index (χ2v) is 7.92. The second-order valence-electron chi connectivity index (χ2n) is 5.55. The summed E-state index contributed by atoms with van der Waals surface area (Å²) in [6.07, 6.45) is 3.88. The molecule has 0 heterocycles. The second kappa shape index (κ2) is 7.61. The zero-order chi connectivity index (χ0) is 15.9. The molecule has 3 aromatic rings. The molecule has 0 spiro atoms. The quantitative estimate of drug-likeness (QED) is 0.517. The van der Waals surface area contributed by atoms with E-state index >= 15 is 0 Å². The van der Waals surface area contributed by atoms with Crippen LogP contribution in [-0.4, -0.2) is 9.04 Å². The Bertz CT molecular complexity index is 709. The third kappa shape index (κ3) is 4.21. The maximum Gasteiger partial charge on any atom is 0.298 e. The SMILES string of the molecule is Cc1ccc(C=CO[SiH](c2ccccc2)c2ccccc2)cc1. The largest absolute Gasteiger partial charge is 0.543 e. The third-order valence-electron chi connectivity index (χ3n) is 3.76. The molecule has 23 heavy (non-hydrogen) atoms. The van der Waals surface area contributed by atoms with Crippen LogP contribution in [0.4, 0.5) is 0 Å². The minimum atomic E-state index is -1.69. The van der Waals surface area contributed by atoms with Crippen molar-refractivity contribution in [2.45, 2.75) is 6.92 Å². The normalized spacial score (nSPS) is 11.0. The summed E-state index contributed by atoms with van der Waals surface area (Å²) in [4.78, 5) is 0. The van der Waals surface area contributed by atoms with Crippen LogP contribution in [0.3, 0.4) is 0 Å².